The number of pyridine rings is 1. The lowest BCUT2D eigenvalue weighted by Crippen LogP contribution is -2.48. The molecule has 0 aromatic carbocycles. The van der Waals surface area contributed by atoms with Gasteiger partial charge in [0.25, 0.3) is 0 Å². The SMILES string of the molecule is CC(F)c1ccnc(OC2CC3CCC(C2)N3C(=O)O)c1. The Morgan fingerprint density at radius 2 is 2.14 bits per heavy atom. The molecule has 2 aliphatic rings. The minimum absolute atomic E-state index is 0.0366. The second kappa shape index (κ2) is 5.50. The van der Waals surface area contributed by atoms with Crippen LogP contribution < -0.4 is 4.74 Å². The maximum Gasteiger partial charge on any atom is 0.407 e. The van der Waals surface area contributed by atoms with Gasteiger partial charge in [-0.3, -0.25) is 0 Å². The average molecular weight is 294 g/mol. The Bertz CT molecular complexity index is 523. The summed E-state index contributed by atoms with van der Waals surface area (Å²) in [6.07, 6.45) is 2.75. The Labute approximate surface area is 122 Å². The molecule has 2 fully saturated rings. The summed E-state index contributed by atoms with van der Waals surface area (Å²) in [5.74, 6) is 0.421. The molecule has 5 nitrogen and oxygen atoms in total. The van der Waals surface area contributed by atoms with Gasteiger partial charge in [-0.2, -0.15) is 0 Å². The maximum absolute atomic E-state index is 13.3. The first-order valence-corrected chi connectivity index (χ1v) is 7.32. The van der Waals surface area contributed by atoms with E-state index in [1.807, 2.05) is 0 Å². The molecule has 2 saturated heterocycles. The molecule has 1 amide bonds. The third kappa shape index (κ3) is 2.80. The second-order valence-corrected chi connectivity index (χ2v) is 5.83. The van der Waals surface area contributed by atoms with Crippen LogP contribution in [-0.2, 0) is 0 Å². The normalized spacial score (nSPS) is 29.2. The van der Waals surface area contributed by atoms with E-state index in [0.29, 0.717) is 24.3 Å². The number of carboxylic acid groups (broad SMARTS) is 1. The van der Waals surface area contributed by atoms with Crippen molar-refractivity contribution in [2.24, 2.45) is 0 Å². The molecule has 0 radical (unpaired) electrons. The molecule has 1 aromatic rings. The van der Waals surface area contributed by atoms with Gasteiger partial charge in [0.1, 0.15) is 12.3 Å². The van der Waals surface area contributed by atoms with Crippen molar-refractivity contribution in [2.75, 3.05) is 0 Å². The van der Waals surface area contributed by atoms with E-state index in [1.165, 1.54) is 6.92 Å². The molecule has 114 valence electrons. The Kier molecular flexibility index (Phi) is 3.69. The number of alkyl halides is 1. The molecule has 21 heavy (non-hydrogen) atoms. The van der Waals surface area contributed by atoms with Crippen LogP contribution in [0.1, 0.15) is 44.3 Å². The molecule has 1 aromatic heterocycles. The molecule has 0 spiro atoms. The number of hydrogen-bond donors (Lipinski definition) is 1. The monoisotopic (exact) mass is 294 g/mol. The molecule has 2 aliphatic heterocycles. The number of hydrogen-bond acceptors (Lipinski definition) is 3. The molecule has 3 heterocycles. The van der Waals surface area contributed by atoms with E-state index >= 15 is 0 Å². The smallest absolute Gasteiger partial charge is 0.407 e. The third-order valence-electron chi connectivity index (χ3n) is 4.42. The Hall–Kier alpha value is -1.85. The van der Waals surface area contributed by atoms with Crippen molar-refractivity contribution in [3.8, 4) is 5.88 Å². The minimum atomic E-state index is -1.06. The van der Waals surface area contributed by atoms with Gasteiger partial charge in [0.2, 0.25) is 5.88 Å². The quantitative estimate of drug-likeness (QED) is 0.930. The van der Waals surface area contributed by atoms with Crippen molar-refractivity contribution in [1.82, 2.24) is 9.88 Å². The molecule has 3 rings (SSSR count). The van der Waals surface area contributed by atoms with Crippen molar-refractivity contribution in [1.29, 1.82) is 0 Å². The van der Waals surface area contributed by atoms with Crippen LogP contribution in [0.25, 0.3) is 0 Å². The highest BCUT2D eigenvalue weighted by atomic mass is 19.1. The number of halogens is 1. The van der Waals surface area contributed by atoms with Gasteiger partial charge < -0.3 is 14.7 Å². The van der Waals surface area contributed by atoms with E-state index in [0.717, 1.165) is 12.8 Å². The molecular formula is C15H19FN2O3. The van der Waals surface area contributed by atoms with Gasteiger partial charge in [-0.25, -0.2) is 14.2 Å². The average Bonchev–Trinajstić information content (AvgIpc) is 2.71. The minimum Gasteiger partial charge on any atom is -0.474 e. The number of carbonyl (C=O) groups is 1. The Morgan fingerprint density at radius 1 is 1.48 bits per heavy atom. The van der Waals surface area contributed by atoms with E-state index in [1.54, 1.807) is 23.2 Å². The van der Waals surface area contributed by atoms with E-state index < -0.39 is 12.3 Å². The van der Waals surface area contributed by atoms with Crippen molar-refractivity contribution < 1.29 is 19.0 Å². The number of rotatable bonds is 3. The first-order valence-electron chi connectivity index (χ1n) is 7.32. The summed E-state index contributed by atoms with van der Waals surface area (Å²) in [6.45, 7) is 1.48. The van der Waals surface area contributed by atoms with Crippen LogP contribution in [0.15, 0.2) is 18.3 Å². The topological polar surface area (TPSA) is 62.7 Å². The van der Waals surface area contributed by atoms with Gasteiger partial charge in [0.15, 0.2) is 0 Å². The summed E-state index contributed by atoms with van der Waals surface area (Å²) in [6, 6.07) is 3.33. The van der Waals surface area contributed by atoms with Gasteiger partial charge in [-0.15, -0.1) is 0 Å². The summed E-state index contributed by atoms with van der Waals surface area (Å²) in [5.41, 5.74) is 0.547. The van der Waals surface area contributed by atoms with Gasteiger partial charge >= 0.3 is 6.09 Å². The van der Waals surface area contributed by atoms with Crippen LogP contribution in [-0.4, -0.2) is 39.3 Å². The largest absolute Gasteiger partial charge is 0.474 e. The standard InChI is InChI=1S/C15H19FN2O3/c1-9(16)10-4-5-17-14(6-10)21-13-7-11-2-3-12(8-13)18(11)15(19)20/h4-6,9,11-13H,2-3,7-8H2,1H3,(H,19,20). The lowest BCUT2D eigenvalue weighted by atomic mass is 10.0. The lowest BCUT2D eigenvalue weighted by molar-refractivity contribution is 0.0476. The van der Waals surface area contributed by atoms with Crippen molar-refractivity contribution in [3.63, 3.8) is 0 Å². The molecule has 6 heteroatoms. The summed E-state index contributed by atoms with van der Waals surface area (Å²) in [7, 11) is 0. The van der Waals surface area contributed by atoms with Crippen LogP contribution in [0.3, 0.4) is 0 Å². The number of nitrogens with zero attached hydrogens (tertiary/aromatic N) is 2. The van der Waals surface area contributed by atoms with E-state index in [-0.39, 0.29) is 18.2 Å². The molecule has 0 saturated carbocycles. The van der Waals surface area contributed by atoms with E-state index in [2.05, 4.69) is 4.98 Å². The summed E-state index contributed by atoms with van der Waals surface area (Å²) in [4.78, 5) is 16.9. The summed E-state index contributed by atoms with van der Waals surface area (Å²) >= 11 is 0. The first kappa shape index (κ1) is 14.1. The lowest BCUT2D eigenvalue weighted by Gasteiger charge is -2.36. The molecular weight excluding hydrogens is 275 g/mol. The van der Waals surface area contributed by atoms with Crippen LogP contribution in [0.4, 0.5) is 9.18 Å². The van der Waals surface area contributed by atoms with Gasteiger partial charge in [0, 0.05) is 37.2 Å². The zero-order chi connectivity index (χ0) is 15.0. The number of piperidine rings is 1. The number of fused-ring (bicyclic) bond motifs is 2. The summed E-state index contributed by atoms with van der Waals surface area (Å²) in [5, 5.41) is 9.22. The molecule has 3 unspecified atom stereocenters. The zero-order valence-corrected chi connectivity index (χ0v) is 11.9. The van der Waals surface area contributed by atoms with Gasteiger partial charge in [-0.1, -0.05) is 0 Å². The predicted molar refractivity (Wildman–Crippen MR) is 74.1 cm³/mol. The number of ether oxygens (including phenoxy) is 1. The Balaban J connectivity index is 1.68. The maximum atomic E-state index is 13.3. The number of amides is 1. The van der Waals surface area contributed by atoms with Crippen molar-refractivity contribution >= 4 is 6.09 Å². The highest BCUT2D eigenvalue weighted by Gasteiger charge is 2.44. The fraction of sp³-hybridized carbons (Fsp3) is 0.600. The number of aromatic nitrogens is 1. The first-order chi connectivity index (χ1) is 10.0. The fourth-order valence-electron chi connectivity index (χ4n) is 3.44. The molecule has 2 bridgehead atoms. The second-order valence-electron chi connectivity index (χ2n) is 5.83. The molecule has 1 N–H and O–H groups in total. The van der Waals surface area contributed by atoms with Gasteiger partial charge in [0.05, 0.1) is 0 Å². The van der Waals surface area contributed by atoms with Crippen LogP contribution in [0.5, 0.6) is 5.88 Å². The van der Waals surface area contributed by atoms with Gasteiger partial charge in [-0.05, 0) is 31.4 Å². The highest BCUT2D eigenvalue weighted by molar-refractivity contribution is 5.66. The predicted octanol–water partition coefficient (Wildman–Crippen LogP) is 3.16. The highest BCUT2D eigenvalue weighted by Crippen LogP contribution is 2.37. The van der Waals surface area contributed by atoms with Crippen LogP contribution >= 0.6 is 0 Å². The van der Waals surface area contributed by atoms with Crippen LogP contribution in [0.2, 0.25) is 0 Å². The van der Waals surface area contributed by atoms with Crippen molar-refractivity contribution in [2.45, 2.75) is 57.0 Å². The fourth-order valence-corrected chi connectivity index (χ4v) is 3.44. The molecule has 0 aliphatic carbocycles. The van der Waals surface area contributed by atoms with E-state index in [4.69, 9.17) is 4.74 Å². The van der Waals surface area contributed by atoms with E-state index in [9.17, 15) is 14.3 Å². The Morgan fingerprint density at radius 3 is 2.71 bits per heavy atom. The zero-order valence-electron chi connectivity index (χ0n) is 11.9. The summed E-state index contributed by atoms with van der Waals surface area (Å²) < 4.78 is 19.2. The van der Waals surface area contributed by atoms with Crippen LogP contribution in [0, 0.1) is 0 Å². The van der Waals surface area contributed by atoms with Crippen molar-refractivity contribution in [3.05, 3.63) is 23.9 Å². The molecule has 3 atom stereocenters. The third-order valence-corrected chi connectivity index (χ3v) is 4.42.